The minimum Gasteiger partial charge on any atom is -0.390 e. The van der Waals surface area contributed by atoms with Crippen LogP contribution in [0.25, 0.3) is 0 Å². The summed E-state index contributed by atoms with van der Waals surface area (Å²) < 4.78 is 5.48. The van der Waals surface area contributed by atoms with E-state index < -0.39 is 5.60 Å². The molecule has 1 N–H and O–H groups in total. The molecule has 0 aliphatic heterocycles. The van der Waals surface area contributed by atoms with Crippen molar-refractivity contribution in [2.24, 2.45) is 40.9 Å². The van der Waals surface area contributed by atoms with E-state index in [9.17, 15) is 5.11 Å². The topological polar surface area (TPSA) is 29.5 Å². The van der Waals surface area contributed by atoms with Crippen LogP contribution in [0.2, 0.25) is 0 Å². The van der Waals surface area contributed by atoms with E-state index in [0.29, 0.717) is 11.3 Å². The number of methoxy groups -OCH3 is 1. The van der Waals surface area contributed by atoms with Crippen LogP contribution in [-0.4, -0.2) is 24.4 Å². The molecule has 4 aliphatic rings. The summed E-state index contributed by atoms with van der Waals surface area (Å²) in [5.41, 5.74) is 1.72. The minimum atomic E-state index is -0.529. The number of fused-ring (bicyclic) bond motifs is 5. The van der Waals surface area contributed by atoms with Gasteiger partial charge in [-0.1, -0.05) is 18.6 Å². The second-order valence-corrected chi connectivity index (χ2v) is 10.2. The zero-order valence-corrected chi connectivity index (χ0v) is 16.8. The fourth-order valence-electron chi connectivity index (χ4n) is 7.91. The van der Waals surface area contributed by atoms with Crippen LogP contribution < -0.4 is 0 Å². The number of hydrogen-bond donors (Lipinski definition) is 1. The second-order valence-electron chi connectivity index (χ2n) is 10.2. The van der Waals surface area contributed by atoms with Gasteiger partial charge in [-0.05, 0) is 100 Å². The Balaban J connectivity index is 1.57. The molecule has 2 heteroatoms. The summed E-state index contributed by atoms with van der Waals surface area (Å²) in [6.45, 7) is 7.61. The first-order chi connectivity index (χ1) is 11.9. The molecule has 0 aromatic rings. The Morgan fingerprint density at radius 3 is 2.64 bits per heavy atom. The fraction of sp³-hybridized carbons (Fsp3) is 0.913. The van der Waals surface area contributed by atoms with Crippen LogP contribution in [0.1, 0.15) is 72.1 Å². The summed E-state index contributed by atoms with van der Waals surface area (Å²) >= 11 is 0. The molecule has 0 aromatic carbocycles. The molecular formula is C23H38O2. The van der Waals surface area contributed by atoms with E-state index in [1.807, 2.05) is 0 Å². The van der Waals surface area contributed by atoms with Gasteiger partial charge in [0.05, 0.1) is 12.2 Å². The van der Waals surface area contributed by atoms with Crippen molar-refractivity contribution in [1.82, 2.24) is 0 Å². The van der Waals surface area contributed by atoms with Gasteiger partial charge in [-0.3, -0.25) is 0 Å². The standard InChI is InChI=1S/C23H38O2/c1-5-16-7-9-21-19-8-6-15-13-23(3,24)17(14-25-4)12-20(15)18(19)10-11-22(16,21)2/h5,15,17-21,24H,6-14H2,1-4H3/b16-5-/t15-,17?,18+,19-,20+,21+,22-,23?/m1/s1. The summed E-state index contributed by atoms with van der Waals surface area (Å²) in [7, 11) is 1.79. The third kappa shape index (κ3) is 2.74. The molecule has 4 fully saturated rings. The van der Waals surface area contributed by atoms with Crippen LogP contribution in [0.4, 0.5) is 0 Å². The minimum absolute atomic E-state index is 0.320. The Kier molecular flexibility index (Phi) is 4.60. The van der Waals surface area contributed by atoms with Crippen LogP contribution in [0.5, 0.6) is 0 Å². The van der Waals surface area contributed by atoms with E-state index in [2.05, 4.69) is 26.8 Å². The summed E-state index contributed by atoms with van der Waals surface area (Å²) in [4.78, 5) is 0. The number of allylic oxidation sites excluding steroid dienone is 2. The van der Waals surface area contributed by atoms with E-state index in [1.54, 1.807) is 12.7 Å². The maximum Gasteiger partial charge on any atom is 0.0672 e. The van der Waals surface area contributed by atoms with E-state index in [0.717, 1.165) is 42.6 Å². The van der Waals surface area contributed by atoms with Gasteiger partial charge in [0.15, 0.2) is 0 Å². The zero-order valence-electron chi connectivity index (χ0n) is 16.8. The van der Waals surface area contributed by atoms with Crippen molar-refractivity contribution in [3.8, 4) is 0 Å². The number of rotatable bonds is 2. The van der Waals surface area contributed by atoms with Crippen LogP contribution >= 0.6 is 0 Å². The van der Waals surface area contributed by atoms with Crippen molar-refractivity contribution in [2.45, 2.75) is 77.7 Å². The Hall–Kier alpha value is -0.340. The maximum atomic E-state index is 11.0. The van der Waals surface area contributed by atoms with Crippen molar-refractivity contribution >= 4 is 0 Å². The summed E-state index contributed by atoms with van der Waals surface area (Å²) in [6.07, 6.45) is 12.9. The van der Waals surface area contributed by atoms with Crippen LogP contribution in [-0.2, 0) is 4.74 Å². The molecule has 0 aromatic heterocycles. The average molecular weight is 347 g/mol. The lowest BCUT2D eigenvalue weighted by Crippen LogP contribution is -2.53. The predicted molar refractivity (Wildman–Crippen MR) is 102 cm³/mol. The van der Waals surface area contributed by atoms with Gasteiger partial charge >= 0.3 is 0 Å². The molecule has 8 atom stereocenters. The van der Waals surface area contributed by atoms with E-state index in [4.69, 9.17) is 4.74 Å². The first-order valence-corrected chi connectivity index (χ1v) is 10.8. The molecule has 0 radical (unpaired) electrons. The third-order valence-corrected chi connectivity index (χ3v) is 9.19. The van der Waals surface area contributed by atoms with Gasteiger partial charge in [0.2, 0.25) is 0 Å². The Morgan fingerprint density at radius 2 is 1.92 bits per heavy atom. The largest absolute Gasteiger partial charge is 0.390 e. The third-order valence-electron chi connectivity index (χ3n) is 9.19. The maximum absolute atomic E-state index is 11.0. The molecule has 4 rings (SSSR count). The van der Waals surface area contributed by atoms with Crippen molar-refractivity contribution < 1.29 is 9.84 Å². The van der Waals surface area contributed by atoms with Gasteiger partial charge in [0, 0.05) is 13.0 Å². The number of hydrogen-bond acceptors (Lipinski definition) is 2. The molecule has 0 bridgehead atoms. The molecule has 4 saturated carbocycles. The van der Waals surface area contributed by atoms with E-state index >= 15 is 0 Å². The van der Waals surface area contributed by atoms with Crippen molar-refractivity contribution in [1.29, 1.82) is 0 Å². The van der Waals surface area contributed by atoms with Crippen LogP contribution in [0.3, 0.4) is 0 Å². The van der Waals surface area contributed by atoms with E-state index in [-0.39, 0.29) is 0 Å². The van der Waals surface area contributed by atoms with E-state index in [1.165, 1.54) is 44.9 Å². The molecule has 25 heavy (non-hydrogen) atoms. The Morgan fingerprint density at radius 1 is 1.12 bits per heavy atom. The number of ether oxygens (including phenoxy) is 1. The molecular weight excluding hydrogens is 308 g/mol. The lowest BCUT2D eigenvalue weighted by molar-refractivity contribution is -0.133. The highest BCUT2D eigenvalue weighted by Gasteiger charge is 2.57. The van der Waals surface area contributed by atoms with Crippen LogP contribution in [0, 0.1) is 40.9 Å². The summed E-state index contributed by atoms with van der Waals surface area (Å²) in [5.74, 6) is 4.66. The lowest BCUT2D eigenvalue weighted by atomic mass is 9.48. The van der Waals surface area contributed by atoms with Gasteiger partial charge in [0.1, 0.15) is 0 Å². The van der Waals surface area contributed by atoms with Gasteiger partial charge in [0.25, 0.3) is 0 Å². The average Bonchev–Trinajstić information content (AvgIpc) is 2.91. The Bertz CT molecular complexity index is 536. The highest BCUT2D eigenvalue weighted by atomic mass is 16.5. The molecule has 2 nitrogen and oxygen atoms in total. The van der Waals surface area contributed by atoms with Gasteiger partial charge < -0.3 is 9.84 Å². The van der Waals surface area contributed by atoms with Crippen molar-refractivity contribution in [3.63, 3.8) is 0 Å². The smallest absolute Gasteiger partial charge is 0.0672 e. The highest BCUT2D eigenvalue weighted by Crippen LogP contribution is 2.64. The first kappa shape index (κ1) is 18.0. The quantitative estimate of drug-likeness (QED) is 0.696. The van der Waals surface area contributed by atoms with Crippen molar-refractivity contribution in [3.05, 3.63) is 11.6 Å². The monoisotopic (exact) mass is 346 g/mol. The molecule has 0 amide bonds. The molecule has 4 aliphatic carbocycles. The number of aliphatic hydroxyl groups is 1. The summed E-state index contributed by atoms with van der Waals surface area (Å²) in [6, 6.07) is 0. The fourth-order valence-corrected chi connectivity index (χ4v) is 7.91. The molecule has 0 saturated heterocycles. The van der Waals surface area contributed by atoms with Crippen molar-refractivity contribution in [2.75, 3.05) is 13.7 Å². The van der Waals surface area contributed by atoms with Gasteiger partial charge in [-0.2, -0.15) is 0 Å². The van der Waals surface area contributed by atoms with Gasteiger partial charge in [-0.25, -0.2) is 0 Å². The molecule has 0 heterocycles. The molecule has 2 unspecified atom stereocenters. The SMILES string of the molecule is C/C=C1/CC[C@H]2[C@@H]3CC[C@@H]4CC(C)(O)C(COC)C[C@@H]4[C@H]3CC[C@]12C. The summed E-state index contributed by atoms with van der Waals surface area (Å²) in [5, 5.41) is 11.0. The molecule has 142 valence electrons. The van der Waals surface area contributed by atoms with Crippen LogP contribution in [0.15, 0.2) is 11.6 Å². The molecule has 0 spiro atoms. The zero-order chi connectivity index (χ0) is 17.8. The first-order valence-electron chi connectivity index (χ1n) is 10.8. The highest BCUT2D eigenvalue weighted by molar-refractivity contribution is 5.23. The lowest BCUT2D eigenvalue weighted by Gasteiger charge is -2.57. The predicted octanol–water partition coefficient (Wildman–Crippen LogP) is 5.21. The van der Waals surface area contributed by atoms with Gasteiger partial charge in [-0.15, -0.1) is 0 Å². The second kappa shape index (κ2) is 6.37. The normalized spacial score (nSPS) is 54.0. The Labute approximate surface area is 154 Å².